The predicted octanol–water partition coefficient (Wildman–Crippen LogP) is 7.34. The Labute approximate surface area is 176 Å². The van der Waals surface area contributed by atoms with E-state index in [0.717, 1.165) is 22.3 Å². The fourth-order valence-electron chi connectivity index (χ4n) is 4.04. The van der Waals surface area contributed by atoms with Crippen LogP contribution >= 0.6 is 0 Å². The molecule has 1 aromatic carbocycles. The normalized spacial score (nSPS) is 15.0. The fraction of sp³-hybridized carbons (Fsp3) is 0.480. The minimum absolute atomic E-state index is 0.234. The molecular formula is C25H36N4. The molecule has 3 aromatic rings. The van der Waals surface area contributed by atoms with E-state index in [9.17, 15) is 0 Å². The molecule has 0 unspecified atom stereocenters. The molecule has 2 aliphatic rings. The lowest BCUT2D eigenvalue weighted by Gasteiger charge is -2.39. The van der Waals surface area contributed by atoms with E-state index < -0.39 is 0 Å². The van der Waals surface area contributed by atoms with Crippen LogP contribution in [-0.4, -0.2) is 20.5 Å². The molecule has 29 heavy (non-hydrogen) atoms. The zero-order valence-electron chi connectivity index (χ0n) is 19.4. The Balaban J connectivity index is 0.000000461. The molecule has 1 aliphatic heterocycles. The van der Waals surface area contributed by atoms with Crippen LogP contribution < -0.4 is 0 Å². The highest BCUT2D eigenvalue weighted by atomic mass is 15.3. The van der Waals surface area contributed by atoms with Gasteiger partial charge in [-0.1, -0.05) is 54.0 Å². The summed E-state index contributed by atoms with van der Waals surface area (Å²) in [7, 11) is 0. The standard InChI is InChI=1S/C19H18N4.3C2H6/c1-12-8-15-17(21-13(2)19(15)5-3-6-19)9-18(12)23-11-14-10-20-7-4-16(14)22-23;3*1-2/h4,7-11H,3,5-6H2,1-2H3;3*1-2H3. The summed E-state index contributed by atoms with van der Waals surface area (Å²) in [6.45, 7) is 16.3. The third kappa shape index (κ3) is 3.85. The Morgan fingerprint density at radius 1 is 0.966 bits per heavy atom. The number of fused-ring (bicyclic) bond motifs is 3. The lowest BCUT2D eigenvalue weighted by atomic mass is 9.62. The first-order chi connectivity index (χ1) is 14.2. The number of hydrogen-bond acceptors (Lipinski definition) is 3. The maximum absolute atomic E-state index is 4.87. The first-order valence-corrected chi connectivity index (χ1v) is 11.2. The van der Waals surface area contributed by atoms with Gasteiger partial charge in [0.25, 0.3) is 0 Å². The number of aliphatic imine (C=N–C) groups is 1. The van der Waals surface area contributed by atoms with Crippen molar-refractivity contribution in [1.29, 1.82) is 0 Å². The zero-order chi connectivity index (χ0) is 21.6. The molecule has 0 bridgehead atoms. The highest BCUT2D eigenvalue weighted by Gasteiger charge is 2.46. The highest BCUT2D eigenvalue weighted by molar-refractivity contribution is 6.01. The Morgan fingerprint density at radius 2 is 1.66 bits per heavy atom. The molecule has 5 rings (SSSR count). The molecule has 156 valence electrons. The fourth-order valence-corrected chi connectivity index (χ4v) is 4.04. The smallest absolute Gasteiger partial charge is 0.0958 e. The van der Waals surface area contributed by atoms with E-state index in [1.807, 2.05) is 64.7 Å². The zero-order valence-corrected chi connectivity index (χ0v) is 19.4. The monoisotopic (exact) mass is 392 g/mol. The maximum Gasteiger partial charge on any atom is 0.0958 e. The Hall–Kier alpha value is -2.49. The van der Waals surface area contributed by atoms with Crippen LogP contribution in [0.1, 0.15) is 78.9 Å². The van der Waals surface area contributed by atoms with Crippen molar-refractivity contribution in [3.05, 3.63) is 47.9 Å². The van der Waals surface area contributed by atoms with Crippen LogP contribution in [0.25, 0.3) is 16.6 Å². The average Bonchev–Trinajstić information content (AvgIpc) is 3.29. The molecule has 0 N–H and O–H groups in total. The second-order valence-electron chi connectivity index (χ2n) is 6.80. The second-order valence-corrected chi connectivity index (χ2v) is 6.80. The van der Waals surface area contributed by atoms with Crippen LogP contribution in [0, 0.1) is 6.92 Å². The van der Waals surface area contributed by atoms with Gasteiger partial charge in [-0.05, 0) is 49.9 Å². The highest BCUT2D eigenvalue weighted by Crippen LogP contribution is 2.53. The average molecular weight is 393 g/mol. The van der Waals surface area contributed by atoms with Crippen molar-refractivity contribution >= 4 is 22.3 Å². The van der Waals surface area contributed by atoms with E-state index in [1.54, 1.807) is 6.20 Å². The maximum atomic E-state index is 4.87. The van der Waals surface area contributed by atoms with Gasteiger partial charge in [0.2, 0.25) is 0 Å². The lowest BCUT2D eigenvalue weighted by Crippen LogP contribution is -2.38. The molecule has 1 spiro atoms. The van der Waals surface area contributed by atoms with Crippen molar-refractivity contribution in [2.24, 2.45) is 4.99 Å². The van der Waals surface area contributed by atoms with Crippen molar-refractivity contribution in [2.75, 3.05) is 0 Å². The minimum atomic E-state index is 0.234. The summed E-state index contributed by atoms with van der Waals surface area (Å²) in [5.41, 5.74) is 7.38. The van der Waals surface area contributed by atoms with Crippen molar-refractivity contribution in [2.45, 2.75) is 80.1 Å². The van der Waals surface area contributed by atoms with Gasteiger partial charge < -0.3 is 0 Å². The van der Waals surface area contributed by atoms with Gasteiger partial charge in [-0.15, -0.1) is 0 Å². The van der Waals surface area contributed by atoms with E-state index in [4.69, 9.17) is 4.99 Å². The summed E-state index contributed by atoms with van der Waals surface area (Å²) in [6, 6.07) is 6.47. The van der Waals surface area contributed by atoms with Gasteiger partial charge in [0.05, 0.1) is 16.9 Å². The molecule has 0 radical (unpaired) electrons. The number of pyridine rings is 1. The van der Waals surface area contributed by atoms with Crippen LogP contribution in [0.3, 0.4) is 0 Å². The number of nitrogens with zero attached hydrogens (tertiary/aromatic N) is 4. The first kappa shape index (κ1) is 22.8. The Morgan fingerprint density at radius 3 is 2.24 bits per heavy atom. The van der Waals surface area contributed by atoms with Crippen LogP contribution in [0.15, 0.2) is 41.8 Å². The summed E-state index contributed by atoms with van der Waals surface area (Å²) in [4.78, 5) is 9.04. The molecule has 0 saturated heterocycles. The van der Waals surface area contributed by atoms with Gasteiger partial charge in [0, 0.05) is 35.1 Å². The molecule has 1 saturated carbocycles. The summed E-state index contributed by atoms with van der Waals surface area (Å²) in [5, 5.41) is 5.74. The molecule has 4 nitrogen and oxygen atoms in total. The number of aromatic nitrogens is 3. The quantitative estimate of drug-likeness (QED) is 0.435. The lowest BCUT2D eigenvalue weighted by molar-refractivity contribution is 0.345. The van der Waals surface area contributed by atoms with Crippen LogP contribution in [-0.2, 0) is 5.41 Å². The summed E-state index contributed by atoms with van der Waals surface area (Å²) in [6.07, 6.45) is 9.47. The second kappa shape index (κ2) is 9.82. The number of aryl methyl sites for hydroxylation is 1. The Bertz CT molecular complexity index is 945. The van der Waals surface area contributed by atoms with E-state index >= 15 is 0 Å². The van der Waals surface area contributed by atoms with E-state index in [0.29, 0.717) is 0 Å². The third-order valence-corrected chi connectivity index (χ3v) is 5.57. The summed E-state index contributed by atoms with van der Waals surface area (Å²) < 4.78 is 1.96. The van der Waals surface area contributed by atoms with Crippen LogP contribution in [0.4, 0.5) is 5.69 Å². The minimum Gasteiger partial charge on any atom is -0.264 e. The van der Waals surface area contributed by atoms with Gasteiger partial charge in [-0.2, -0.15) is 5.10 Å². The number of rotatable bonds is 1. The van der Waals surface area contributed by atoms with Gasteiger partial charge in [0.15, 0.2) is 0 Å². The number of hydrogen-bond donors (Lipinski definition) is 0. The SMILES string of the molecule is CC.CC.CC.CC1=Nc2cc(-n3cc4cnccc4n3)c(C)cc2C12CCC2. The molecule has 0 atom stereocenters. The Kier molecular flexibility index (Phi) is 7.72. The molecule has 0 amide bonds. The van der Waals surface area contributed by atoms with Gasteiger partial charge in [-0.25, -0.2) is 4.68 Å². The van der Waals surface area contributed by atoms with Crippen LogP contribution in [0.2, 0.25) is 0 Å². The summed E-state index contributed by atoms with van der Waals surface area (Å²) >= 11 is 0. The van der Waals surface area contributed by atoms with Gasteiger partial charge in [-0.3, -0.25) is 9.98 Å². The predicted molar refractivity (Wildman–Crippen MR) is 126 cm³/mol. The van der Waals surface area contributed by atoms with Crippen LogP contribution in [0.5, 0.6) is 0 Å². The molecular weight excluding hydrogens is 356 g/mol. The van der Waals surface area contributed by atoms with Crippen molar-refractivity contribution in [1.82, 2.24) is 14.8 Å². The molecule has 1 aliphatic carbocycles. The van der Waals surface area contributed by atoms with Gasteiger partial charge >= 0.3 is 0 Å². The third-order valence-electron chi connectivity index (χ3n) is 5.57. The first-order valence-electron chi connectivity index (χ1n) is 11.2. The van der Waals surface area contributed by atoms with E-state index in [2.05, 4.69) is 36.1 Å². The number of benzene rings is 1. The molecule has 1 fully saturated rings. The van der Waals surface area contributed by atoms with Crippen molar-refractivity contribution < 1.29 is 0 Å². The van der Waals surface area contributed by atoms with Crippen molar-refractivity contribution in [3.8, 4) is 5.69 Å². The topological polar surface area (TPSA) is 43.1 Å². The largest absolute Gasteiger partial charge is 0.264 e. The molecule has 3 heterocycles. The molecule has 4 heteroatoms. The summed E-state index contributed by atoms with van der Waals surface area (Å²) in [5.74, 6) is 0. The van der Waals surface area contributed by atoms with E-state index in [-0.39, 0.29) is 5.41 Å². The van der Waals surface area contributed by atoms with E-state index in [1.165, 1.54) is 36.1 Å². The molecule has 2 aromatic heterocycles. The van der Waals surface area contributed by atoms with Crippen molar-refractivity contribution in [3.63, 3.8) is 0 Å². The van der Waals surface area contributed by atoms with Gasteiger partial charge in [0.1, 0.15) is 0 Å².